The maximum absolute atomic E-state index is 13.0. The zero-order valence-corrected chi connectivity index (χ0v) is 14.5. The van der Waals surface area contributed by atoms with Crippen molar-refractivity contribution in [1.29, 1.82) is 0 Å². The minimum absolute atomic E-state index is 0.0966. The number of cyclic esters (lactones) is 2. The van der Waals surface area contributed by atoms with Crippen LogP contribution in [0.2, 0.25) is 0 Å². The Morgan fingerprint density at radius 1 is 1.23 bits per heavy atom. The molecule has 2 aliphatic rings. The minimum atomic E-state index is -1.23. The van der Waals surface area contributed by atoms with Gasteiger partial charge in [0.25, 0.3) is 0 Å². The molecule has 0 unspecified atom stereocenters. The van der Waals surface area contributed by atoms with E-state index in [2.05, 4.69) is 0 Å². The summed E-state index contributed by atoms with van der Waals surface area (Å²) < 4.78 is 15.6. The lowest BCUT2D eigenvalue weighted by atomic mass is 9.66. The van der Waals surface area contributed by atoms with E-state index in [1.807, 2.05) is 6.92 Å². The first-order valence-corrected chi connectivity index (χ1v) is 8.51. The second kappa shape index (κ2) is 5.83. The lowest BCUT2D eigenvalue weighted by molar-refractivity contribution is -0.145. The second-order valence-corrected chi connectivity index (χ2v) is 6.90. The van der Waals surface area contributed by atoms with Crippen molar-refractivity contribution in [2.75, 3.05) is 0 Å². The molecular weight excluding hydrogens is 336 g/mol. The summed E-state index contributed by atoms with van der Waals surface area (Å²) in [5.74, 6) is -1.47. The van der Waals surface area contributed by atoms with Gasteiger partial charge in [-0.1, -0.05) is 25.1 Å². The van der Waals surface area contributed by atoms with Gasteiger partial charge in [0.2, 0.25) is 0 Å². The third kappa shape index (κ3) is 2.21. The van der Waals surface area contributed by atoms with E-state index in [1.165, 1.54) is 12.5 Å². The van der Waals surface area contributed by atoms with E-state index in [0.29, 0.717) is 16.7 Å². The molecule has 2 aromatic rings. The zero-order chi connectivity index (χ0) is 18.5. The van der Waals surface area contributed by atoms with E-state index in [0.717, 1.165) is 5.56 Å². The lowest BCUT2D eigenvalue weighted by Crippen LogP contribution is -2.41. The summed E-state index contributed by atoms with van der Waals surface area (Å²) >= 11 is 0. The van der Waals surface area contributed by atoms with Crippen molar-refractivity contribution >= 4 is 17.7 Å². The van der Waals surface area contributed by atoms with Gasteiger partial charge < -0.3 is 13.9 Å². The van der Waals surface area contributed by atoms with Crippen molar-refractivity contribution in [3.05, 3.63) is 59.0 Å². The van der Waals surface area contributed by atoms with Gasteiger partial charge in [0, 0.05) is 17.9 Å². The Kier molecular flexibility index (Phi) is 3.72. The van der Waals surface area contributed by atoms with Gasteiger partial charge in [-0.3, -0.25) is 9.59 Å². The number of ether oxygens (including phenoxy) is 2. The summed E-state index contributed by atoms with van der Waals surface area (Å²) in [4.78, 5) is 38.1. The van der Waals surface area contributed by atoms with Crippen LogP contribution in [-0.4, -0.2) is 23.8 Å². The molecule has 0 spiro atoms. The van der Waals surface area contributed by atoms with Crippen LogP contribution in [0.1, 0.15) is 52.1 Å². The molecule has 3 atom stereocenters. The summed E-state index contributed by atoms with van der Waals surface area (Å²) in [6.07, 6.45) is 2.30. The van der Waals surface area contributed by atoms with E-state index < -0.39 is 17.4 Å². The standard InChI is InChI=1S/C20H18O6/c1-11-12(2)26-19(23)20(11,8-16(21)13-6-7-24-9-13)15-5-3-4-14-10-25-18(22)17(14)15/h3-7,9,11-12H,8,10H2,1-2H3/t11-,12+,20-/m1/s1. The molecule has 6 heteroatoms. The van der Waals surface area contributed by atoms with E-state index in [4.69, 9.17) is 13.9 Å². The number of carbonyl (C=O) groups excluding carboxylic acids is 3. The second-order valence-electron chi connectivity index (χ2n) is 6.90. The molecule has 0 N–H and O–H groups in total. The van der Waals surface area contributed by atoms with Crippen molar-refractivity contribution in [1.82, 2.24) is 0 Å². The van der Waals surface area contributed by atoms with Gasteiger partial charge in [-0.2, -0.15) is 0 Å². The molecule has 1 aromatic heterocycles. The maximum atomic E-state index is 13.0. The quantitative estimate of drug-likeness (QED) is 0.620. The van der Waals surface area contributed by atoms with E-state index >= 15 is 0 Å². The number of rotatable bonds is 4. The van der Waals surface area contributed by atoms with Crippen LogP contribution in [0, 0.1) is 5.92 Å². The Morgan fingerprint density at radius 2 is 2.04 bits per heavy atom. The average Bonchev–Trinajstić information content (AvgIpc) is 3.32. The zero-order valence-electron chi connectivity index (χ0n) is 14.5. The highest BCUT2D eigenvalue weighted by Crippen LogP contribution is 2.48. The van der Waals surface area contributed by atoms with E-state index in [1.54, 1.807) is 31.2 Å². The summed E-state index contributed by atoms with van der Waals surface area (Å²) in [6, 6.07) is 6.87. The number of hydrogen-bond donors (Lipinski definition) is 0. The van der Waals surface area contributed by atoms with Crippen LogP contribution in [-0.2, 0) is 26.3 Å². The number of Topliss-reactive ketones (excluding diaryl/α,β-unsaturated/α-hetero) is 1. The van der Waals surface area contributed by atoms with Crippen LogP contribution in [0.5, 0.6) is 0 Å². The Hall–Kier alpha value is -2.89. The SMILES string of the molecule is C[C@@H]1OC(=O)[C@@](CC(=O)c2ccoc2)(c2cccc3c2C(=O)OC3)[C@@H]1C. The molecule has 6 nitrogen and oxygen atoms in total. The molecule has 0 bridgehead atoms. The monoisotopic (exact) mass is 354 g/mol. The third-order valence-electron chi connectivity index (χ3n) is 5.62. The van der Waals surface area contributed by atoms with Gasteiger partial charge in [-0.15, -0.1) is 0 Å². The lowest BCUT2D eigenvalue weighted by Gasteiger charge is -2.31. The van der Waals surface area contributed by atoms with Crippen molar-refractivity contribution in [2.45, 2.75) is 38.4 Å². The average molecular weight is 354 g/mol. The highest BCUT2D eigenvalue weighted by molar-refractivity contribution is 6.04. The first-order valence-electron chi connectivity index (χ1n) is 8.51. The number of fused-ring (bicyclic) bond motifs is 1. The van der Waals surface area contributed by atoms with Crippen LogP contribution >= 0.6 is 0 Å². The highest BCUT2D eigenvalue weighted by Gasteiger charge is 2.57. The van der Waals surface area contributed by atoms with Crippen LogP contribution in [0.15, 0.2) is 41.2 Å². The molecule has 1 aromatic carbocycles. The summed E-state index contributed by atoms with van der Waals surface area (Å²) in [6.45, 7) is 3.85. The van der Waals surface area contributed by atoms with Gasteiger partial charge in [0.15, 0.2) is 5.78 Å². The molecule has 0 radical (unpaired) electrons. The first-order chi connectivity index (χ1) is 12.4. The van der Waals surface area contributed by atoms with E-state index in [9.17, 15) is 14.4 Å². The van der Waals surface area contributed by atoms with Crippen LogP contribution in [0.4, 0.5) is 0 Å². The Morgan fingerprint density at radius 3 is 2.69 bits per heavy atom. The number of ketones is 1. The fraction of sp³-hybridized carbons (Fsp3) is 0.350. The van der Waals surface area contributed by atoms with Crippen molar-refractivity contribution in [3.63, 3.8) is 0 Å². The number of carbonyl (C=O) groups is 3. The molecule has 26 heavy (non-hydrogen) atoms. The van der Waals surface area contributed by atoms with Crippen molar-refractivity contribution in [3.8, 4) is 0 Å². The molecule has 134 valence electrons. The maximum Gasteiger partial charge on any atom is 0.339 e. The molecule has 3 heterocycles. The molecule has 2 aliphatic heterocycles. The predicted octanol–water partition coefficient (Wildman–Crippen LogP) is 3.04. The summed E-state index contributed by atoms with van der Waals surface area (Å²) in [5, 5.41) is 0. The molecule has 0 saturated carbocycles. The van der Waals surface area contributed by atoms with Crippen LogP contribution in [0.3, 0.4) is 0 Å². The molecule has 0 aliphatic carbocycles. The minimum Gasteiger partial charge on any atom is -0.472 e. The fourth-order valence-electron chi connectivity index (χ4n) is 3.97. The molecule has 4 rings (SSSR count). The summed E-state index contributed by atoms with van der Waals surface area (Å²) in [5.41, 5.74) is 0.769. The van der Waals surface area contributed by atoms with E-state index in [-0.39, 0.29) is 30.8 Å². The molecule has 1 saturated heterocycles. The number of hydrogen-bond acceptors (Lipinski definition) is 6. The van der Waals surface area contributed by atoms with Crippen LogP contribution < -0.4 is 0 Å². The van der Waals surface area contributed by atoms with Crippen LogP contribution in [0.25, 0.3) is 0 Å². The topological polar surface area (TPSA) is 82.8 Å². The van der Waals surface area contributed by atoms with Gasteiger partial charge in [-0.05, 0) is 18.6 Å². The van der Waals surface area contributed by atoms with Crippen molar-refractivity contribution < 1.29 is 28.3 Å². The molecule has 0 amide bonds. The normalized spacial score (nSPS) is 27.2. The van der Waals surface area contributed by atoms with Gasteiger partial charge in [0.1, 0.15) is 24.4 Å². The highest BCUT2D eigenvalue weighted by atomic mass is 16.6. The predicted molar refractivity (Wildman–Crippen MR) is 89.6 cm³/mol. The van der Waals surface area contributed by atoms with Crippen molar-refractivity contribution in [2.24, 2.45) is 5.92 Å². The number of esters is 2. The fourth-order valence-corrected chi connectivity index (χ4v) is 3.97. The van der Waals surface area contributed by atoms with Gasteiger partial charge in [0.05, 0.1) is 17.4 Å². The number of benzene rings is 1. The number of furan rings is 1. The Balaban J connectivity index is 1.89. The molecular formula is C20H18O6. The first kappa shape index (κ1) is 16.6. The third-order valence-corrected chi connectivity index (χ3v) is 5.62. The summed E-state index contributed by atoms with van der Waals surface area (Å²) in [7, 11) is 0. The Labute approximate surface area is 150 Å². The molecule has 1 fully saturated rings. The Bertz CT molecular complexity index is 897. The largest absolute Gasteiger partial charge is 0.472 e. The van der Waals surface area contributed by atoms with Gasteiger partial charge >= 0.3 is 11.9 Å². The van der Waals surface area contributed by atoms with Gasteiger partial charge in [-0.25, -0.2) is 4.79 Å². The smallest absolute Gasteiger partial charge is 0.339 e.